The Morgan fingerprint density at radius 1 is 1.19 bits per heavy atom. The number of hydrogen-bond donors (Lipinski definition) is 1. The Labute approximate surface area is 155 Å². The minimum atomic E-state index is -0.563. The fraction of sp³-hybridized carbons (Fsp3) is 0.381. The lowest BCUT2D eigenvalue weighted by Crippen LogP contribution is -2.53. The highest BCUT2D eigenvalue weighted by atomic mass is 16.5. The van der Waals surface area contributed by atoms with Gasteiger partial charge in [-0.3, -0.25) is 4.79 Å². The monoisotopic (exact) mass is 353 g/mol. The predicted octanol–water partition coefficient (Wildman–Crippen LogP) is 1.91. The lowest BCUT2D eigenvalue weighted by molar-refractivity contribution is -0.136. The summed E-state index contributed by atoms with van der Waals surface area (Å²) in [5.74, 6) is 0.823. The van der Waals surface area contributed by atoms with E-state index in [9.17, 15) is 4.79 Å². The fourth-order valence-corrected chi connectivity index (χ4v) is 3.36. The Morgan fingerprint density at radius 2 is 1.88 bits per heavy atom. The van der Waals surface area contributed by atoms with Crippen molar-refractivity contribution in [2.75, 3.05) is 27.2 Å². The van der Waals surface area contributed by atoms with Crippen molar-refractivity contribution in [1.82, 2.24) is 9.80 Å². The number of ether oxygens (including phenoxy) is 1. The zero-order valence-corrected chi connectivity index (χ0v) is 15.5. The van der Waals surface area contributed by atoms with Gasteiger partial charge in [0.05, 0.1) is 12.1 Å². The largest absolute Gasteiger partial charge is 0.491 e. The number of likely N-dealkylation sites (N-methyl/N-ethyl adjacent to an activating group) is 1. The number of hydrogen-bond acceptors (Lipinski definition) is 4. The van der Waals surface area contributed by atoms with Crippen LogP contribution in [0.3, 0.4) is 0 Å². The number of carbonyl (C=O) groups is 1. The SMILES string of the molecule is CN(C)C[C@@H]1COc2ccccc2CN1C(=O)[C@@H](N)Cc1ccccc1. The van der Waals surface area contributed by atoms with Crippen LogP contribution >= 0.6 is 0 Å². The van der Waals surface area contributed by atoms with Crippen molar-refractivity contribution >= 4 is 5.91 Å². The Balaban J connectivity index is 1.81. The summed E-state index contributed by atoms with van der Waals surface area (Å²) in [5.41, 5.74) is 8.39. The topological polar surface area (TPSA) is 58.8 Å². The second kappa shape index (κ2) is 8.34. The van der Waals surface area contributed by atoms with Gasteiger partial charge in [-0.05, 0) is 32.1 Å². The molecule has 5 heteroatoms. The Kier molecular flexibility index (Phi) is 5.91. The van der Waals surface area contributed by atoms with Crippen molar-refractivity contribution in [3.8, 4) is 5.75 Å². The lowest BCUT2D eigenvalue weighted by Gasteiger charge is -2.33. The summed E-state index contributed by atoms with van der Waals surface area (Å²) in [7, 11) is 4.01. The number of benzene rings is 2. The van der Waals surface area contributed by atoms with E-state index in [1.54, 1.807) is 0 Å². The molecule has 0 saturated carbocycles. The van der Waals surface area contributed by atoms with Gasteiger partial charge in [0.1, 0.15) is 12.4 Å². The summed E-state index contributed by atoms with van der Waals surface area (Å²) in [6, 6.07) is 17.2. The Morgan fingerprint density at radius 3 is 2.62 bits per heavy atom. The molecular weight excluding hydrogens is 326 g/mol. The van der Waals surface area contributed by atoms with Gasteiger partial charge in [0.2, 0.25) is 5.91 Å². The molecule has 1 amide bonds. The van der Waals surface area contributed by atoms with Gasteiger partial charge in [-0.25, -0.2) is 0 Å². The van der Waals surface area contributed by atoms with Gasteiger partial charge >= 0.3 is 0 Å². The fourth-order valence-electron chi connectivity index (χ4n) is 3.36. The van der Waals surface area contributed by atoms with Gasteiger partial charge in [0.15, 0.2) is 0 Å². The molecule has 2 atom stereocenters. The van der Waals surface area contributed by atoms with Crippen molar-refractivity contribution in [2.24, 2.45) is 5.73 Å². The molecule has 26 heavy (non-hydrogen) atoms. The zero-order valence-electron chi connectivity index (χ0n) is 15.5. The first-order valence-electron chi connectivity index (χ1n) is 9.00. The summed E-state index contributed by atoms with van der Waals surface area (Å²) in [5, 5.41) is 0. The first-order chi connectivity index (χ1) is 12.5. The number of nitrogens with two attached hydrogens (primary N) is 1. The molecule has 1 aliphatic heterocycles. The van der Waals surface area contributed by atoms with E-state index in [1.807, 2.05) is 73.6 Å². The average Bonchev–Trinajstić information content (AvgIpc) is 2.81. The molecule has 2 aromatic carbocycles. The van der Waals surface area contributed by atoms with Crippen LogP contribution in [0.5, 0.6) is 5.75 Å². The van der Waals surface area contributed by atoms with E-state index in [1.165, 1.54) is 0 Å². The van der Waals surface area contributed by atoms with Crippen LogP contribution in [-0.2, 0) is 17.8 Å². The summed E-state index contributed by atoms with van der Waals surface area (Å²) < 4.78 is 5.98. The number of rotatable bonds is 5. The van der Waals surface area contributed by atoms with Crippen LogP contribution in [-0.4, -0.2) is 55.0 Å². The molecule has 2 N–H and O–H groups in total. The van der Waals surface area contributed by atoms with Crippen molar-refractivity contribution < 1.29 is 9.53 Å². The van der Waals surface area contributed by atoms with Crippen LogP contribution < -0.4 is 10.5 Å². The number of fused-ring (bicyclic) bond motifs is 1. The third-order valence-corrected chi connectivity index (χ3v) is 4.66. The van der Waals surface area contributed by atoms with Gasteiger partial charge in [0, 0.05) is 18.7 Å². The second-order valence-electron chi connectivity index (χ2n) is 7.10. The van der Waals surface area contributed by atoms with Gasteiger partial charge in [-0.15, -0.1) is 0 Å². The molecule has 1 aliphatic rings. The van der Waals surface area contributed by atoms with E-state index in [2.05, 4.69) is 4.90 Å². The highest BCUT2D eigenvalue weighted by molar-refractivity contribution is 5.82. The van der Waals surface area contributed by atoms with Crippen molar-refractivity contribution in [1.29, 1.82) is 0 Å². The molecule has 0 aromatic heterocycles. The molecule has 0 saturated heterocycles. The summed E-state index contributed by atoms with van der Waals surface area (Å²) in [6.45, 7) is 1.73. The van der Waals surface area contributed by atoms with Crippen LogP contribution in [0.4, 0.5) is 0 Å². The number of nitrogens with zero attached hydrogens (tertiary/aromatic N) is 2. The van der Waals surface area contributed by atoms with Crippen LogP contribution in [0.25, 0.3) is 0 Å². The van der Waals surface area contributed by atoms with E-state index in [0.29, 0.717) is 19.6 Å². The molecule has 0 unspecified atom stereocenters. The minimum Gasteiger partial charge on any atom is -0.491 e. The van der Waals surface area contributed by atoms with Crippen LogP contribution in [0.1, 0.15) is 11.1 Å². The van der Waals surface area contributed by atoms with E-state index in [0.717, 1.165) is 23.4 Å². The second-order valence-corrected chi connectivity index (χ2v) is 7.10. The van der Waals surface area contributed by atoms with Crippen LogP contribution in [0, 0.1) is 0 Å². The van der Waals surface area contributed by atoms with E-state index in [-0.39, 0.29) is 11.9 Å². The molecule has 0 aliphatic carbocycles. The molecule has 0 spiro atoms. The number of para-hydroxylation sites is 1. The van der Waals surface area contributed by atoms with E-state index < -0.39 is 6.04 Å². The Hall–Kier alpha value is -2.37. The molecule has 2 aromatic rings. The van der Waals surface area contributed by atoms with Gasteiger partial charge in [-0.1, -0.05) is 48.5 Å². The highest BCUT2D eigenvalue weighted by Crippen LogP contribution is 2.25. The third-order valence-electron chi connectivity index (χ3n) is 4.66. The van der Waals surface area contributed by atoms with Gasteiger partial charge in [0.25, 0.3) is 0 Å². The normalized spacial score (nSPS) is 18.0. The first-order valence-corrected chi connectivity index (χ1v) is 9.00. The summed E-state index contributed by atoms with van der Waals surface area (Å²) >= 11 is 0. The smallest absolute Gasteiger partial charge is 0.240 e. The Bertz CT molecular complexity index is 733. The average molecular weight is 353 g/mol. The summed E-state index contributed by atoms with van der Waals surface area (Å²) in [6.07, 6.45) is 0.535. The molecular formula is C21H27N3O2. The molecule has 1 heterocycles. The van der Waals surface area contributed by atoms with Crippen molar-refractivity contribution in [3.63, 3.8) is 0 Å². The lowest BCUT2D eigenvalue weighted by atomic mass is 10.0. The summed E-state index contributed by atoms with van der Waals surface area (Å²) in [4.78, 5) is 17.1. The van der Waals surface area contributed by atoms with E-state index in [4.69, 9.17) is 10.5 Å². The molecule has 3 rings (SSSR count). The minimum absolute atomic E-state index is 0.0268. The van der Waals surface area contributed by atoms with Crippen molar-refractivity contribution in [3.05, 3.63) is 65.7 Å². The number of carbonyl (C=O) groups excluding carboxylic acids is 1. The molecule has 5 nitrogen and oxygen atoms in total. The van der Waals surface area contributed by atoms with Gasteiger partial charge in [-0.2, -0.15) is 0 Å². The zero-order chi connectivity index (χ0) is 18.5. The molecule has 0 radical (unpaired) electrons. The molecule has 0 bridgehead atoms. The van der Waals surface area contributed by atoms with Crippen LogP contribution in [0.2, 0.25) is 0 Å². The highest BCUT2D eigenvalue weighted by Gasteiger charge is 2.31. The number of amides is 1. The molecule has 0 fully saturated rings. The maximum atomic E-state index is 13.2. The van der Waals surface area contributed by atoms with Crippen LogP contribution in [0.15, 0.2) is 54.6 Å². The maximum Gasteiger partial charge on any atom is 0.240 e. The standard InChI is InChI=1S/C21H27N3O2/c1-23(2)14-18-15-26-20-11-7-6-10-17(20)13-24(18)21(25)19(22)12-16-8-4-3-5-9-16/h3-11,18-19H,12-15,22H2,1-2H3/t18-,19+/m1/s1. The quantitative estimate of drug-likeness (QED) is 0.892. The molecule has 138 valence electrons. The third kappa shape index (κ3) is 4.42. The van der Waals surface area contributed by atoms with Crippen molar-refractivity contribution in [2.45, 2.75) is 25.0 Å². The maximum absolute atomic E-state index is 13.2. The van der Waals surface area contributed by atoms with E-state index >= 15 is 0 Å². The first kappa shape index (κ1) is 18.4. The predicted molar refractivity (Wildman–Crippen MR) is 103 cm³/mol. The van der Waals surface area contributed by atoms with Gasteiger partial charge < -0.3 is 20.3 Å².